The van der Waals surface area contributed by atoms with E-state index in [0.717, 1.165) is 5.75 Å². The molecule has 0 fully saturated rings. The van der Waals surface area contributed by atoms with E-state index in [9.17, 15) is 4.79 Å². The SMILES string of the molecule is Cc1ccc(OCC(C)NC(C)C(=O)N(C)C)cc1. The van der Waals surface area contributed by atoms with E-state index < -0.39 is 0 Å². The molecule has 2 unspecified atom stereocenters. The number of hydrogen-bond acceptors (Lipinski definition) is 3. The first-order chi connectivity index (χ1) is 8.90. The Labute approximate surface area is 115 Å². The van der Waals surface area contributed by atoms with Gasteiger partial charge in [-0.15, -0.1) is 0 Å². The van der Waals surface area contributed by atoms with Crippen LogP contribution in [0.2, 0.25) is 0 Å². The fourth-order valence-corrected chi connectivity index (χ4v) is 1.79. The van der Waals surface area contributed by atoms with E-state index in [-0.39, 0.29) is 18.0 Å². The van der Waals surface area contributed by atoms with Crippen LogP contribution in [0.25, 0.3) is 0 Å². The number of hydrogen-bond donors (Lipinski definition) is 1. The maximum atomic E-state index is 11.7. The molecule has 0 aliphatic rings. The molecular weight excluding hydrogens is 240 g/mol. The average Bonchev–Trinajstić information content (AvgIpc) is 2.37. The lowest BCUT2D eigenvalue weighted by molar-refractivity contribution is -0.130. The summed E-state index contributed by atoms with van der Waals surface area (Å²) in [6.07, 6.45) is 0. The average molecular weight is 264 g/mol. The Balaban J connectivity index is 2.37. The van der Waals surface area contributed by atoms with Crippen molar-refractivity contribution in [1.29, 1.82) is 0 Å². The number of amides is 1. The van der Waals surface area contributed by atoms with Gasteiger partial charge in [-0.25, -0.2) is 0 Å². The largest absolute Gasteiger partial charge is 0.492 e. The first kappa shape index (κ1) is 15.5. The number of carbonyl (C=O) groups is 1. The van der Waals surface area contributed by atoms with Gasteiger partial charge in [-0.1, -0.05) is 17.7 Å². The smallest absolute Gasteiger partial charge is 0.238 e. The van der Waals surface area contributed by atoms with Crippen molar-refractivity contribution in [1.82, 2.24) is 10.2 Å². The quantitative estimate of drug-likeness (QED) is 0.852. The molecule has 1 amide bonds. The highest BCUT2D eigenvalue weighted by Crippen LogP contribution is 2.11. The minimum absolute atomic E-state index is 0.0715. The van der Waals surface area contributed by atoms with Crippen molar-refractivity contribution in [3.8, 4) is 5.75 Å². The van der Waals surface area contributed by atoms with Crippen molar-refractivity contribution in [2.24, 2.45) is 0 Å². The number of nitrogens with zero attached hydrogens (tertiary/aromatic N) is 1. The Kier molecular flexibility index (Phi) is 5.83. The fourth-order valence-electron chi connectivity index (χ4n) is 1.79. The molecule has 1 rings (SSSR count). The Bertz CT molecular complexity index is 401. The third-order valence-electron chi connectivity index (χ3n) is 2.87. The summed E-state index contributed by atoms with van der Waals surface area (Å²) in [6.45, 7) is 6.45. The van der Waals surface area contributed by atoms with Crippen LogP contribution in [0.15, 0.2) is 24.3 Å². The van der Waals surface area contributed by atoms with Crippen LogP contribution in [-0.2, 0) is 4.79 Å². The summed E-state index contributed by atoms with van der Waals surface area (Å²) in [5.74, 6) is 0.924. The highest BCUT2D eigenvalue weighted by atomic mass is 16.5. The topological polar surface area (TPSA) is 41.6 Å². The Hall–Kier alpha value is -1.55. The molecule has 4 heteroatoms. The molecule has 4 nitrogen and oxygen atoms in total. The van der Waals surface area contributed by atoms with Gasteiger partial charge in [0.15, 0.2) is 0 Å². The molecule has 19 heavy (non-hydrogen) atoms. The van der Waals surface area contributed by atoms with E-state index in [2.05, 4.69) is 5.32 Å². The summed E-state index contributed by atoms with van der Waals surface area (Å²) >= 11 is 0. The number of carbonyl (C=O) groups excluding carboxylic acids is 1. The minimum atomic E-state index is -0.202. The molecule has 1 N–H and O–H groups in total. The van der Waals surface area contributed by atoms with Crippen LogP contribution in [0.1, 0.15) is 19.4 Å². The van der Waals surface area contributed by atoms with E-state index in [1.807, 2.05) is 45.0 Å². The van der Waals surface area contributed by atoms with E-state index in [4.69, 9.17) is 4.74 Å². The summed E-state index contributed by atoms with van der Waals surface area (Å²) in [5.41, 5.74) is 1.21. The second kappa shape index (κ2) is 7.14. The molecule has 0 bridgehead atoms. The Morgan fingerprint density at radius 3 is 2.37 bits per heavy atom. The zero-order valence-corrected chi connectivity index (χ0v) is 12.4. The number of likely N-dealkylation sites (N-methyl/N-ethyl adjacent to an activating group) is 1. The van der Waals surface area contributed by atoms with Gasteiger partial charge in [-0.2, -0.15) is 0 Å². The van der Waals surface area contributed by atoms with Crippen molar-refractivity contribution < 1.29 is 9.53 Å². The number of aryl methyl sites for hydroxylation is 1. The van der Waals surface area contributed by atoms with Crippen molar-refractivity contribution >= 4 is 5.91 Å². The van der Waals surface area contributed by atoms with Gasteiger partial charge in [0.2, 0.25) is 5.91 Å². The normalized spacial score (nSPS) is 13.7. The van der Waals surface area contributed by atoms with Crippen LogP contribution < -0.4 is 10.1 Å². The molecule has 0 aromatic heterocycles. The number of benzene rings is 1. The first-order valence-electron chi connectivity index (χ1n) is 6.57. The van der Waals surface area contributed by atoms with Crippen LogP contribution in [0.3, 0.4) is 0 Å². The molecule has 1 aromatic rings. The molecule has 0 saturated heterocycles. The molecule has 0 spiro atoms. The monoisotopic (exact) mass is 264 g/mol. The fraction of sp³-hybridized carbons (Fsp3) is 0.533. The minimum Gasteiger partial charge on any atom is -0.492 e. The van der Waals surface area contributed by atoms with Crippen LogP contribution in [0.5, 0.6) is 5.75 Å². The molecule has 0 aliphatic heterocycles. The lowest BCUT2D eigenvalue weighted by Crippen LogP contribution is -2.46. The van der Waals surface area contributed by atoms with Crippen molar-refractivity contribution in [2.45, 2.75) is 32.9 Å². The number of ether oxygens (including phenoxy) is 1. The van der Waals surface area contributed by atoms with Crippen molar-refractivity contribution in [3.63, 3.8) is 0 Å². The molecule has 2 atom stereocenters. The highest BCUT2D eigenvalue weighted by Gasteiger charge is 2.16. The van der Waals surface area contributed by atoms with Gasteiger partial charge < -0.3 is 15.0 Å². The Morgan fingerprint density at radius 2 is 1.84 bits per heavy atom. The summed E-state index contributed by atoms with van der Waals surface area (Å²) in [6, 6.07) is 7.86. The van der Waals surface area contributed by atoms with Gasteiger partial charge in [0, 0.05) is 20.1 Å². The van der Waals surface area contributed by atoms with Gasteiger partial charge in [0.05, 0.1) is 6.04 Å². The summed E-state index contributed by atoms with van der Waals surface area (Å²) < 4.78 is 5.68. The summed E-state index contributed by atoms with van der Waals surface area (Å²) in [5, 5.41) is 3.23. The van der Waals surface area contributed by atoms with Crippen molar-refractivity contribution in [3.05, 3.63) is 29.8 Å². The molecule has 0 saturated carbocycles. The van der Waals surface area contributed by atoms with Crippen LogP contribution in [0, 0.1) is 6.92 Å². The second-order valence-corrected chi connectivity index (χ2v) is 5.15. The van der Waals surface area contributed by atoms with Crippen LogP contribution in [0.4, 0.5) is 0 Å². The third kappa shape index (κ3) is 5.30. The molecule has 106 valence electrons. The van der Waals surface area contributed by atoms with Gasteiger partial charge in [-0.3, -0.25) is 4.79 Å². The van der Waals surface area contributed by atoms with Crippen molar-refractivity contribution in [2.75, 3.05) is 20.7 Å². The second-order valence-electron chi connectivity index (χ2n) is 5.15. The van der Waals surface area contributed by atoms with Crippen LogP contribution >= 0.6 is 0 Å². The molecule has 0 heterocycles. The van der Waals surface area contributed by atoms with E-state index in [1.165, 1.54) is 5.56 Å². The summed E-state index contributed by atoms with van der Waals surface area (Å²) in [4.78, 5) is 13.3. The third-order valence-corrected chi connectivity index (χ3v) is 2.87. The molecule has 0 aliphatic carbocycles. The standard InChI is InChI=1S/C15H24N2O2/c1-11-6-8-14(9-7-11)19-10-12(2)16-13(3)15(18)17(4)5/h6-9,12-13,16H,10H2,1-5H3. The predicted octanol–water partition coefficient (Wildman–Crippen LogP) is 1.83. The van der Waals surface area contributed by atoms with Gasteiger partial charge in [0.1, 0.15) is 12.4 Å². The van der Waals surface area contributed by atoms with Gasteiger partial charge >= 0.3 is 0 Å². The van der Waals surface area contributed by atoms with Crippen LogP contribution in [-0.4, -0.2) is 43.6 Å². The van der Waals surface area contributed by atoms with Gasteiger partial charge in [-0.05, 0) is 32.9 Å². The maximum absolute atomic E-state index is 11.7. The molecule has 0 radical (unpaired) electrons. The lowest BCUT2D eigenvalue weighted by Gasteiger charge is -2.22. The van der Waals surface area contributed by atoms with E-state index in [0.29, 0.717) is 6.61 Å². The predicted molar refractivity (Wildman–Crippen MR) is 77.4 cm³/mol. The number of nitrogens with one attached hydrogen (secondary N) is 1. The maximum Gasteiger partial charge on any atom is 0.238 e. The molecular formula is C15H24N2O2. The zero-order chi connectivity index (χ0) is 14.4. The molecule has 1 aromatic carbocycles. The van der Waals surface area contributed by atoms with Gasteiger partial charge in [0.25, 0.3) is 0 Å². The summed E-state index contributed by atoms with van der Waals surface area (Å²) in [7, 11) is 3.52. The van der Waals surface area contributed by atoms with E-state index >= 15 is 0 Å². The zero-order valence-electron chi connectivity index (χ0n) is 12.4. The number of rotatable bonds is 6. The Morgan fingerprint density at radius 1 is 1.26 bits per heavy atom. The first-order valence-corrected chi connectivity index (χ1v) is 6.57. The lowest BCUT2D eigenvalue weighted by atomic mass is 10.2. The highest BCUT2D eigenvalue weighted by molar-refractivity contribution is 5.80. The van der Waals surface area contributed by atoms with E-state index in [1.54, 1.807) is 19.0 Å².